The van der Waals surface area contributed by atoms with Gasteiger partial charge >= 0.3 is 0 Å². The van der Waals surface area contributed by atoms with Crippen LogP contribution in [0, 0.1) is 12.7 Å². The molecular formula is C13H10BrFO2. The summed E-state index contributed by atoms with van der Waals surface area (Å²) in [5.41, 5.74) is 1.30. The van der Waals surface area contributed by atoms with Crippen LogP contribution < -0.4 is 0 Å². The van der Waals surface area contributed by atoms with Crippen LogP contribution in [0.25, 0.3) is 0 Å². The number of hydrogen-bond acceptors (Lipinski definition) is 2. The SMILES string of the molecule is Cc1cc(C(=O)Cc2ccc(F)cc2Br)co1. The van der Waals surface area contributed by atoms with E-state index in [1.54, 1.807) is 19.1 Å². The summed E-state index contributed by atoms with van der Waals surface area (Å²) >= 11 is 3.24. The lowest BCUT2D eigenvalue weighted by Gasteiger charge is -2.02. The van der Waals surface area contributed by atoms with Gasteiger partial charge in [0.15, 0.2) is 5.78 Å². The Morgan fingerprint density at radius 1 is 1.41 bits per heavy atom. The van der Waals surface area contributed by atoms with E-state index in [1.165, 1.54) is 18.4 Å². The number of Topliss-reactive ketones (excluding diaryl/α,β-unsaturated/α-hetero) is 1. The Hall–Kier alpha value is -1.42. The number of halogens is 2. The second-order valence-corrected chi connectivity index (χ2v) is 4.64. The zero-order valence-corrected chi connectivity index (χ0v) is 10.8. The van der Waals surface area contributed by atoms with Gasteiger partial charge in [0.2, 0.25) is 0 Å². The Kier molecular flexibility index (Phi) is 3.43. The average molecular weight is 297 g/mol. The van der Waals surface area contributed by atoms with Crippen molar-refractivity contribution in [2.75, 3.05) is 0 Å². The van der Waals surface area contributed by atoms with E-state index in [9.17, 15) is 9.18 Å². The maximum Gasteiger partial charge on any atom is 0.170 e. The quantitative estimate of drug-likeness (QED) is 0.804. The number of rotatable bonds is 3. The molecule has 0 aliphatic carbocycles. The largest absolute Gasteiger partial charge is 0.469 e. The smallest absolute Gasteiger partial charge is 0.170 e. The Labute approximate surface area is 107 Å². The van der Waals surface area contributed by atoms with E-state index < -0.39 is 0 Å². The Bertz CT molecular complexity index is 560. The van der Waals surface area contributed by atoms with Crippen LogP contribution in [0.4, 0.5) is 4.39 Å². The van der Waals surface area contributed by atoms with Crippen molar-refractivity contribution in [3.8, 4) is 0 Å². The fourth-order valence-electron chi connectivity index (χ4n) is 1.53. The van der Waals surface area contributed by atoms with Crippen LogP contribution in [0.2, 0.25) is 0 Å². The maximum absolute atomic E-state index is 12.9. The number of benzene rings is 1. The summed E-state index contributed by atoms with van der Waals surface area (Å²) in [7, 11) is 0. The summed E-state index contributed by atoms with van der Waals surface area (Å²) in [5.74, 6) is 0.327. The van der Waals surface area contributed by atoms with E-state index in [0.717, 1.165) is 5.56 Å². The van der Waals surface area contributed by atoms with Crippen LogP contribution in [0.15, 0.2) is 39.4 Å². The average Bonchev–Trinajstić information content (AvgIpc) is 2.69. The summed E-state index contributed by atoms with van der Waals surface area (Å²) in [6.07, 6.45) is 1.66. The molecule has 88 valence electrons. The molecule has 0 fully saturated rings. The molecule has 0 spiro atoms. The predicted octanol–water partition coefficient (Wildman–Crippen LogP) is 3.92. The second kappa shape index (κ2) is 4.84. The normalized spacial score (nSPS) is 10.5. The lowest BCUT2D eigenvalue weighted by atomic mass is 10.1. The van der Waals surface area contributed by atoms with Gasteiger partial charge in [-0.05, 0) is 30.7 Å². The van der Waals surface area contributed by atoms with Crippen molar-refractivity contribution in [1.29, 1.82) is 0 Å². The Balaban J connectivity index is 2.18. The van der Waals surface area contributed by atoms with Gasteiger partial charge in [-0.15, -0.1) is 0 Å². The number of aryl methyl sites for hydroxylation is 1. The third-order valence-corrected chi connectivity index (χ3v) is 3.16. The van der Waals surface area contributed by atoms with Crippen molar-refractivity contribution in [2.24, 2.45) is 0 Å². The van der Waals surface area contributed by atoms with Crippen LogP contribution in [0.3, 0.4) is 0 Å². The van der Waals surface area contributed by atoms with E-state index in [1.807, 2.05) is 0 Å². The number of furan rings is 1. The summed E-state index contributed by atoms with van der Waals surface area (Å²) in [4.78, 5) is 11.9. The van der Waals surface area contributed by atoms with Gasteiger partial charge in [0.25, 0.3) is 0 Å². The zero-order chi connectivity index (χ0) is 12.4. The number of ketones is 1. The Morgan fingerprint density at radius 3 is 2.76 bits per heavy atom. The number of carbonyl (C=O) groups excluding carboxylic acids is 1. The standard InChI is InChI=1S/C13H10BrFO2/c1-8-4-10(7-17-8)13(16)5-9-2-3-11(15)6-12(9)14/h2-4,6-7H,5H2,1H3. The lowest BCUT2D eigenvalue weighted by Crippen LogP contribution is -2.02. The van der Waals surface area contributed by atoms with Gasteiger partial charge < -0.3 is 4.42 Å². The molecule has 1 heterocycles. The molecule has 17 heavy (non-hydrogen) atoms. The fourth-order valence-corrected chi connectivity index (χ4v) is 2.02. The summed E-state index contributed by atoms with van der Waals surface area (Å²) in [6, 6.07) is 5.99. The van der Waals surface area contributed by atoms with Gasteiger partial charge in [0, 0.05) is 10.9 Å². The van der Waals surface area contributed by atoms with Crippen LogP contribution in [0.1, 0.15) is 21.7 Å². The molecule has 4 heteroatoms. The van der Waals surface area contributed by atoms with Crippen molar-refractivity contribution in [2.45, 2.75) is 13.3 Å². The van der Waals surface area contributed by atoms with Gasteiger partial charge in [-0.1, -0.05) is 22.0 Å². The molecule has 0 atom stereocenters. The van der Waals surface area contributed by atoms with E-state index in [2.05, 4.69) is 15.9 Å². The van der Waals surface area contributed by atoms with E-state index in [-0.39, 0.29) is 18.0 Å². The number of hydrogen-bond donors (Lipinski definition) is 0. The van der Waals surface area contributed by atoms with Gasteiger partial charge in [0.1, 0.15) is 17.8 Å². The third kappa shape index (κ3) is 2.82. The highest BCUT2D eigenvalue weighted by molar-refractivity contribution is 9.10. The fraction of sp³-hybridized carbons (Fsp3) is 0.154. The lowest BCUT2D eigenvalue weighted by molar-refractivity contribution is 0.0992. The molecule has 0 amide bonds. The minimum atomic E-state index is -0.327. The summed E-state index contributed by atoms with van der Waals surface area (Å²) in [6.45, 7) is 1.78. The topological polar surface area (TPSA) is 30.2 Å². The first-order valence-corrected chi connectivity index (χ1v) is 5.88. The maximum atomic E-state index is 12.9. The van der Waals surface area contributed by atoms with Gasteiger partial charge in [-0.3, -0.25) is 4.79 Å². The summed E-state index contributed by atoms with van der Waals surface area (Å²) < 4.78 is 18.6. The van der Waals surface area contributed by atoms with Crippen molar-refractivity contribution >= 4 is 21.7 Å². The Morgan fingerprint density at radius 2 is 2.18 bits per heavy atom. The van der Waals surface area contributed by atoms with Gasteiger partial charge in [-0.25, -0.2) is 4.39 Å². The van der Waals surface area contributed by atoms with Gasteiger partial charge in [0.05, 0.1) is 5.56 Å². The minimum Gasteiger partial charge on any atom is -0.469 e. The molecule has 0 radical (unpaired) electrons. The molecule has 0 saturated carbocycles. The molecular weight excluding hydrogens is 287 g/mol. The van der Waals surface area contributed by atoms with Crippen molar-refractivity contribution in [3.05, 3.63) is 57.7 Å². The van der Waals surface area contributed by atoms with E-state index >= 15 is 0 Å². The van der Waals surface area contributed by atoms with Crippen molar-refractivity contribution in [1.82, 2.24) is 0 Å². The van der Waals surface area contributed by atoms with Crippen molar-refractivity contribution < 1.29 is 13.6 Å². The molecule has 0 aliphatic heterocycles. The minimum absolute atomic E-state index is 0.0471. The molecule has 0 saturated heterocycles. The molecule has 0 aliphatic rings. The van der Waals surface area contributed by atoms with Crippen LogP contribution in [-0.4, -0.2) is 5.78 Å². The highest BCUT2D eigenvalue weighted by Gasteiger charge is 2.12. The monoisotopic (exact) mass is 296 g/mol. The third-order valence-electron chi connectivity index (χ3n) is 2.42. The molecule has 2 rings (SSSR count). The zero-order valence-electron chi connectivity index (χ0n) is 9.17. The van der Waals surface area contributed by atoms with E-state index in [0.29, 0.717) is 15.8 Å². The first kappa shape index (κ1) is 12.0. The molecule has 1 aromatic heterocycles. The number of carbonyl (C=O) groups is 1. The van der Waals surface area contributed by atoms with Crippen LogP contribution in [0.5, 0.6) is 0 Å². The first-order valence-electron chi connectivity index (χ1n) is 5.08. The molecule has 0 bridgehead atoms. The molecule has 2 aromatic rings. The summed E-state index contributed by atoms with van der Waals surface area (Å²) in [5, 5.41) is 0. The van der Waals surface area contributed by atoms with E-state index in [4.69, 9.17) is 4.42 Å². The molecule has 0 unspecified atom stereocenters. The van der Waals surface area contributed by atoms with Crippen molar-refractivity contribution in [3.63, 3.8) is 0 Å². The highest BCUT2D eigenvalue weighted by atomic mass is 79.9. The first-order chi connectivity index (χ1) is 8.06. The van der Waals surface area contributed by atoms with Crippen LogP contribution in [-0.2, 0) is 6.42 Å². The molecule has 0 N–H and O–H groups in total. The highest BCUT2D eigenvalue weighted by Crippen LogP contribution is 2.20. The molecule has 1 aromatic carbocycles. The van der Waals surface area contributed by atoms with Gasteiger partial charge in [-0.2, -0.15) is 0 Å². The molecule has 2 nitrogen and oxygen atoms in total. The van der Waals surface area contributed by atoms with Crippen LogP contribution >= 0.6 is 15.9 Å². The predicted molar refractivity (Wildman–Crippen MR) is 65.6 cm³/mol. The second-order valence-electron chi connectivity index (χ2n) is 3.78.